The molecule has 1 aromatic carbocycles. The van der Waals surface area contributed by atoms with Gasteiger partial charge in [0.05, 0.1) is 23.4 Å². The fourth-order valence-corrected chi connectivity index (χ4v) is 2.68. The van der Waals surface area contributed by atoms with Gasteiger partial charge in [-0.2, -0.15) is 0 Å². The van der Waals surface area contributed by atoms with E-state index in [1.807, 2.05) is 0 Å². The third-order valence-corrected chi connectivity index (χ3v) is 4.43. The molecule has 110 valence electrons. The van der Waals surface area contributed by atoms with E-state index in [0.717, 1.165) is 4.31 Å². The summed E-state index contributed by atoms with van der Waals surface area (Å²) in [6.07, 6.45) is -0.333. The minimum absolute atomic E-state index is 0.0285. The molecule has 8 heteroatoms. The van der Waals surface area contributed by atoms with Gasteiger partial charge in [0.15, 0.2) is 0 Å². The molecule has 0 bridgehead atoms. The van der Waals surface area contributed by atoms with Gasteiger partial charge in [-0.25, -0.2) is 13.2 Å². The van der Waals surface area contributed by atoms with Gasteiger partial charge in [0, 0.05) is 6.54 Å². The molecule has 0 aliphatic rings. The van der Waals surface area contributed by atoms with Crippen LogP contribution < -0.4 is 4.31 Å². The molecule has 0 aliphatic heterocycles. The van der Waals surface area contributed by atoms with Gasteiger partial charge in [-0.3, -0.25) is 9.10 Å². The first-order valence-corrected chi connectivity index (χ1v) is 7.44. The van der Waals surface area contributed by atoms with E-state index in [-0.39, 0.29) is 30.0 Å². The third-order valence-electron chi connectivity index (χ3n) is 2.63. The van der Waals surface area contributed by atoms with Gasteiger partial charge in [-0.1, -0.05) is 0 Å². The summed E-state index contributed by atoms with van der Waals surface area (Å²) in [6.45, 7) is 1.26. The molecule has 1 aromatic rings. The summed E-state index contributed by atoms with van der Waals surface area (Å²) >= 11 is 0. The smallest absolute Gasteiger partial charge is 0.335 e. The lowest BCUT2D eigenvalue weighted by molar-refractivity contribution is -0.136. The van der Waals surface area contributed by atoms with Crippen LogP contribution in [0.15, 0.2) is 24.3 Å². The van der Waals surface area contributed by atoms with Crippen molar-refractivity contribution >= 4 is 27.6 Å². The number of aliphatic carboxylic acids is 1. The molecule has 0 radical (unpaired) electrons. The second-order valence-electron chi connectivity index (χ2n) is 3.97. The van der Waals surface area contributed by atoms with Gasteiger partial charge in [0.25, 0.3) is 0 Å². The first-order chi connectivity index (χ1) is 9.27. The maximum absolute atomic E-state index is 11.9. The van der Waals surface area contributed by atoms with Gasteiger partial charge in [-0.05, 0) is 31.2 Å². The SMILES string of the molecule is CCS(=O)(=O)N(CCC(=O)O)c1ccc(C(=O)O)cc1. The predicted octanol–water partition coefficient (Wildman–Crippen LogP) is 1.02. The number of carboxylic acids is 2. The number of hydrogen-bond acceptors (Lipinski definition) is 4. The van der Waals surface area contributed by atoms with Crippen molar-refractivity contribution in [2.24, 2.45) is 0 Å². The summed E-state index contributed by atoms with van der Waals surface area (Å²) in [5, 5.41) is 17.5. The molecule has 1 rings (SSSR count). The van der Waals surface area contributed by atoms with Crippen molar-refractivity contribution < 1.29 is 28.2 Å². The van der Waals surface area contributed by atoms with E-state index in [1.54, 1.807) is 0 Å². The Morgan fingerprint density at radius 3 is 2.10 bits per heavy atom. The predicted molar refractivity (Wildman–Crippen MR) is 72.5 cm³/mol. The molecule has 0 heterocycles. The van der Waals surface area contributed by atoms with E-state index in [1.165, 1.54) is 31.2 Å². The number of rotatable bonds is 7. The zero-order valence-corrected chi connectivity index (χ0v) is 11.6. The van der Waals surface area contributed by atoms with E-state index in [9.17, 15) is 18.0 Å². The molecular formula is C12H15NO6S. The van der Waals surface area contributed by atoms with Crippen LogP contribution in [0.5, 0.6) is 0 Å². The molecule has 0 spiro atoms. The van der Waals surface area contributed by atoms with Crippen LogP contribution in [0.25, 0.3) is 0 Å². The summed E-state index contributed by atoms with van der Waals surface area (Å²) in [5.41, 5.74) is 0.277. The minimum atomic E-state index is -3.62. The number of sulfonamides is 1. The highest BCUT2D eigenvalue weighted by molar-refractivity contribution is 7.92. The molecular weight excluding hydrogens is 286 g/mol. The number of aromatic carboxylic acids is 1. The van der Waals surface area contributed by atoms with Crippen LogP contribution in [-0.4, -0.2) is 42.9 Å². The second kappa shape index (κ2) is 6.38. The van der Waals surface area contributed by atoms with E-state index >= 15 is 0 Å². The first-order valence-electron chi connectivity index (χ1n) is 5.83. The highest BCUT2D eigenvalue weighted by Crippen LogP contribution is 2.19. The fraction of sp³-hybridized carbons (Fsp3) is 0.333. The number of nitrogens with zero attached hydrogens (tertiary/aromatic N) is 1. The van der Waals surface area contributed by atoms with Gasteiger partial charge >= 0.3 is 11.9 Å². The van der Waals surface area contributed by atoms with Crippen LogP contribution in [-0.2, 0) is 14.8 Å². The summed E-state index contributed by atoms with van der Waals surface area (Å²) in [4.78, 5) is 21.3. The van der Waals surface area contributed by atoms with Crippen LogP contribution in [0.2, 0.25) is 0 Å². The summed E-state index contributed by atoms with van der Waals surface area (Å²) in [7, 11) is -3.62. The van der Waals surface area contributed by atoms with Crippen LogP contribution in [0, 0.1) is 0 Å². The largest absolute Gasteiger partial charge is 0.481 e. The number of anilines is 1. The van der Waals surface area contributed by atoms with E-state index in [0.29, 0.717) is 0 Å². The summed E-state index contributed by atoms with van der Waals surface area (Å²) in [6, 6.07) is 5.24. The summed E-state index contributed by atoms with van der Waals surface area (Å²) < 4.78 is 24.9. The Hall–Kier alpha value is -2.09. The van der Waals surface area contributed by atoms with Crippen molar-refractivity contribution in [3.05, 3.63) is 29.8 Å². The molecule has 0 saturated heterocycles. The number of benzene rings is 1. The van der Waals surface area contributed by atoms with Crippen molar-refractivity contribution in [3.8, 4) is 0 Å². The Bertz CT molecular complexity index is 593. The maximum Gasteiger partial charge on any atom is 0.335 e. The van der Waals surface area contributed by atoms with Crippen LogP contribution in [0.3, 0.4) is 0 Å². The highest BCUT2D eigenvalue weighted by Gasteiger charge is 2.21. The number of carboxylic acid groups (broad SMARTS) is 2. The zero-order chi connectivity index (χ0) is 15.3. The lowest BCUT2D eigenvalue weighted by Gasteiger charge is -2.23. The van der Waals surface area contributed by atoms with Crippen molar-refractivity contribution in [1.82, 2.24) is 0 Å². The Morgan fingerprint density at radius 1 is 1.15 bits per heavy atom. The van der Waals surface area contributed by atoms with Gasteiger partial charge in [-0.15, -0.1) is 0 Å². The molecule has 0 saturated carbocycles. The molecule has 0 fully saturated rings. The normalized spacial score (nSPS) is 11.1. The van der Waals surface area contributed by atoms with Crippen molar-refractivity contribution in [2.75, 3.05) is 16.6 Å². The Labute approximate surface area is 116 Å². The maximum atomic E-state index is 11.9. The van der Waals surface area contributed by atoms with Crippen LogP contribution >= 0.6 is 0 Å². The Balaban J connectivity index is 3.10. The van der Waals surface area contributed by atoms with Crippen molar-refractivity contribution in [1.29, 1.82) is 0 Å². The summed E-state index contributed by atoms with van der Waals surface area (Å²) in [5.74, 6) is -2.40. The van der Waals surface area contributed by atoms with Crippen molar-refractivity contribution in [3.63, 3.8) is 0 Å². The number of carbonyl (C=O) groups is 2. The topological polar surface area (TPSA) is 112 Å². The Morgan fingerprint density at radius 2 is 1.70 bits per heavy atom. The lowest BCUT2D eigenvalue weighted by Crippen LogP contribution is -2.34. The average Bonchev–Trinajstić information content (AvgIpc) is 2.39. The van der Waals surface area contributed by atoms with Crippen molar-refractivity contribution in [2.45, 2.75) is 13.3 Å². The van der Waals surface area contributed by atoms with Gasteiger partial charge in [0.2, 0.25) is 10.0 Å². The van der Waals surface area contributed by atoms with Gasteiger partial charge in [0.1, 0.15) is 0 Å². The molecule has 7 nitrogen and oxygen atoms in total. The molecule has 20 heavy (non-hydrogen) atoms. The van der Waals surface area contributed by atoms with Gasteiger partial charge < -0.3 is 10.2 Å². The monoisotopic (exact) mass is 301 g/mol. The first kappa shape index (κ1) is 16.0. The van der Waals surface area contributed by atoms with E-state index in [4.69, 9.17) is 10.2 Å². The standard InChI is InChI=1S/C12H15NO6S/c1-2-20(18,19)13(8-7-11(14)15)10-5-3-9(4-6-10)12(16)17/h3-6H,2,7-8H2,1H3,(H,14,15)(H,16,17). The quantitative estimate of drug-likeness (QED) is 0.777. The minimum Gasteiger partial charge on any atom is -0.481 e. The molecule has 0 unspecified atom stereocenters. The molecule has 0 atom stereocenters. The second-order valence-corrected chi connectivity index (χ2v) is 6.15. The zero-order valence-electron chi connectivity index (χ0n) is 10.8. The lowest BCUT2D eigenvalue weighted by atomic mass is 10.2. The molecule has 0 amide bonds. The highest BCUT2D eigenvalue weighted by atomic mass is 32.2. The average molecular weight is 301 g/mol. The number of hydrogen-bond donors (Lipinski definition) is 2. The molecule has 0 aromatic heterocycles. The third kappa shape index (κ3) is 3.95. The molecule has 0 aliphatic carbocycles. The van der Waals surface area contributed by atoms with E-state index in [2.05, 4.69) is 0 Å². The Kier molecular flexibility index (Phi) is 5.09. The molecule has 2 N–H and O–H groups in total. The van der Waals surface area contributed by atoms with Crippen LogP contribution in [0.4, 0.5) is 5.69 Å². The van der Waals surface area contributed by atoms with E-state index < -0.39 is 22.0 Å². The van der Waals surface area contributed by atoms with Crippen LogP contribution in [0.1, 0.15) is 23.7 Å². The fourth-order valence-electron chi connectivity index (χ4n) is 1.55.